The molecular weight excluding hydrogens is 240 g/mol. The summed E-state index contributed by atoms with van der Waals surface area (Å²) in [5.74, 6) is 0.122. The number of fused-ring (bicyclic) bond motifs is 2. The molecule has 0 amide bonds. The molecule has 2 aliphatic rings. The zero-order valence-corrected chi connectivity index (χ0v) is 10.7. The third-order valence-corrected chi connectivity index (χ3v) is 4.77. The van der Waals surface area contributed by atoms with Gasteiger partial charge in [0.15, 0.2) is 0 Å². The summed E-state index contributed by atoms with van der Waals surface area (Å²) in [5.41, 5.74) is 2.50. The van der Waals surface area contributed by atoms with Gasteiger partial charge in [0.2, 0.25) is 0 Å². The molecule has 0 saturated carbocycles. The van der Waals surface area contributed by atoms with Gasteiger partial charge in [-0.15, -0.1) is 0 Å². The van der Waals surface area contributed by atoms with Crippen LogP contribution in [0.25, 0.3) is 10.9 Å². The molecule has 1 aromatic carbocycles. The van der Waals surface area contributed by atoms with Gasteiger partial charge in [0.1, 0.15) is 5.60 Å². The number of piperidine rings is 1. The van der Waals surface area contributed by atoms with Crippen LogP contribution in [-0.2, 0) is 12.0 Å². The average Bonchev–Trinajstić information content (AvgIpc) is 2.84. The Kier molecular flexibility index (Phi) is 2.31. The van der Waals surface area contributed by atoms with E-state index in [9.17, 15) is 10.2 Å². The number of hydrogen-bond acceptors (Lipinski definition) is 3. The minimum atomic E-state index is -0.861. The van der Waals surface area contributed by atoms with Gasteiger partial charge in [0, 0.05) is 36.3 Å². The van der Waals surface area contributed by atoms with Crippen LogP contribution in [0, 0.1) is 5.92 Å². The van der Waals surface area contributed by atoms with E-state index in [0.717, 1.165) is 24.0 Å². The molecule has 1 aliphatic carbocycles. The number of benzene rings is 1. The van der Waals surface area contributed by atoms with Crippen molar-refractivity contribution in [2.24, 2.45) is 5.92 Å². The molecule has 0 bridgehead atoms. The molecule has 4 nitrogen and oxygen atoms in total. The third-order valence-electron chi connectivity index (χ3n) is 4.77. The van der Waals surface area contributed by atoms with Crippen molar-refractivity contribution in [3.05, 3.63) is 35.5 Å². The number of rotatable bonds is 1. The Morgan fingerprint density at radius 1 is 1.37 bits per heavy atom. The van der Waals surface area contributed by atoms with Crippen molar-refractivity contribution in [1.82, 2.24) is 10.3 Å². The van der Waals surface area contributed by atoms with Crippen LogP contribution in [0.15, 0.2) is 24.4 Å². The predicted octanol–water partition coefficient (Wildman–Crippen LogP) is 0.882. The summed E-state index contributed by atoms with van der Waals surface area (Å²) in [4.78, 5) is 3.28. The Balaban J connectivity index is 1.92. The highest BCUT2D eigenvalue weighted by molar-refractivity contribution is 5.88. The summed E-state index contributed by atoms with van der Waals surface area (Å²) in [6.07, 6.45) is 3.52. The van der Waals surface area contributed by atoms with Crippen LogP contribution in [0.1, 0.15) is 17.5 Å². The Labute approximate surface area is 111 Å². The van der Waals surface area contributed by atoms with Crippen molar-refractivity contribution < 1.29 is 10.2 Å². The average molecular weight is 258 g/mol. The van der Waals surface area contributed by atoms with Crippen LogP contribution in [0.5, 0.6) is 0 Å². The highest BCUT2D eigenvalue weighted by Crippen LogP contribution is 2.44. The van der Waals surface area contributed by atoms with Gasteiger partial charge in [-0.25, -0.2) is 0 Å². The molecule has 1 fully saturated rings. The second-order valence-electron chi connectivity index (χ2n) is 5.88. The fourth-order valence-electron chi connectivity index (χ4n) is 3.80. The number of aromatic amines is 1. The Hall–Kier alpha value is -1.36. The molecule has 19 heavy (non-hydrogen) atoms. The molecular formula is C15H18N2O2. The van der Waals surface area contributed by atoms with Crippen LogP contribution in [0.4, 0.5) is 0 Å². The van der Waals surface area contributed by atoms with Gasteiger partial charge in [0.25, 0.3) is 0 Å². The van der Waals surface area contributed by atoms with Crippen molar-refractivity contribution in [1.29, 1.82) is 0 Å². The lowest BCUT2D eigenvalue weighted by atomic mass is 9.70. The summed E-state index contributed by atoms with van der Waals surface area (Å²) in [5, 5.41) is 25.2. The van der Waals surface area contributed by atoms with Crippen LogP contribution in [0.2, 0.25) is 0 Å². The van der Waals surface area contributed by atoms with Gasteiger partial charge in [-0.2, -0.15) is 0 Å². The second-order valence-corrected chi connectivity index (χ2v) is 5.88. The molecule has 0 spiro atoms. The van der Waals surface area contributed by atoms with Gasteiger partial charge in [0.05, 0.1) is 0 Å². The van der Waals surface area contributed by atoms with E-state index in [2.05, 4.69) is 10.3 Å². The van der Waals surface area contributed by atoms with Crippen molar-refractivity contribution in [3.63, 3.8) is 0 Å². The maximum Gasteiger partial charge on any atom is 0.106 e. The van der Waals surface area contributed by atoms with Crippen LogP contribution in [-0.4, -0.2) is 34.4 Å². The maximum absolute atomic E-state index is 11.2. The van der Waals surface area contributed by atoms with Gasteiger partial charge >= 0.3 is 0 Å². The van der Waals surface area contributed by atoms with E-state index < -0.39 is 5.60 Å². The highest BCUT2D eigenvalue weighted by Gasteiger charge is 2.47. The van der Waals surface area contributed by atoms with Crippen molar-refractivity contribution in [2.45, 2.75) is 24.5 Å². The molecule has 0 radical (unpaired) electrons. The minimum absolute atomic E-state index is 0.0456. The normalized spacial score (nSPS) is 33.4. The van der Waals surface area contributed by atoms with E-state index in [-0.39, 0.29) is 18.6 Å². The van der Waals surface area contributed by atoms with Gasteiger partial charge in [-0.05, 0) is 36.0 Å². The number of H-pyrrole nitrogens is 1. The number of aliphatic hydroxyl groups is 2. The number of aliphatic hydroxyl groups excluding tert-OH is 1. The lowest BCUT2D eigenvalue weighted by Crippen LogP contribution is -2.58. The van der Waals surface area contributed by atoms with E-state index >= 15 is 0 Å². The number of hydrogen-bond donors (Lipinski definition) is 4. The van der Waals surface area contributed by atoms with Gasteiger partial charge < -0.3 is 20.5 Å². The standard InChI is InChI=1S/C15H18N2O2/c18-8-9-5-15(19)11-2-1-3-12-14(11)10(7-16-12)4-13(15)17-6-9/h1-3,7,9,13,16-19H,4-6,8H2/t9-,13+,15-/m0/s1. The van der Waals surface area contributed by atoms with E-state index in [1.54, 1.807) is 0 Å². The second kappa shape index (κ2) is 3.82. The van der Waals surface area contributed by atoms with E-state index in [0.29, 0.717) is 6.42 Å². The molecule has 1 aromatic heterocycles. The van der Waals surface area contributed by atoms with Crippen molar-refractivity contribution in [2.75, 3.05) is 13.2 Å². The van der Waals surface area contributed by atoms with E-state index in [1.165, 1.54) is 10.9 Å². The quantitative estimate of drug-likeness (QED) is 0.614. The zero-order valence-electron chi connectivity index (χ0n) is 10.7. The summed E-state index contributed by atoms with van der Waals surface area (Å²) < 4.78 is 0. The first-order valence-corrected chi connectivity index (χ1v) is 6.88. The number of nitrogens with one attached hydrogen (secondary N) is 2. The molecule has 2 aromatic rings. The summed E-state index contributed by atoms with van der Waals surface area (Å²) in [7, 11) is 0. The topological polar surface area (TPSA) is 68.3 Å². The first kappa shape index (κ1) is 11.5. The molecule has 4 heteroatoms. The smallest absolute Gasteiger partial charge is 0.106 e. The zero-order chi connectivity index (χ0) is 13.0. The predicted molar refractivity (Wildman–Crippen MR) is 72.9 cm³/mol. The van der Waals surface area contributed by atoms with E-state index in [1.807, 2.05) is 24.4 Å². The monoisotopic (exact) mass is 258 g/mol. The summed E-state index contributed by atoms with van der Waals surface area (Å²) >= 11 is 0. The van der Waals surface area contributed by atoms with E-state index in [4.69, 9.17) is 0 Å². The molecule has 4 N–H and O–H groups in total. The first-order chi connectivity index (χ1) is 9.22. The maximum atomic E-state index is 11.2. The fourth-order valence-corrected chi connectivity index (χ4v) is 3.80. The summed E-state index contributed by atoms with van der Waals surface area (Å²) in [6.45, 7) is 0.900. The van der Waals surface area contributed by atoms with Crippen LogP contribution < -0.4 is 5.32 Å². The minimum Gasteiger partial charge on any atom is -0.396 e. The fraction of sp³-hybridized carbons (Fsp3) is 0.467. The Morgan fingerprint density at radius 3 is 3.11 bits per heavy atom. The molecule has 100 valence electrons. The Morgan fingerprint density at radius 2 is 2.26 bits per heavy atom. The largest absolute Gasteiger partial charge is 0.396 e. The molecule has 1 saturated heterocycles. The van der Waals surface area contributed by atoms with Gasteiger partial charge in [-0.3, -0.25) is 0 Å². The lowest BCUT2D eigenvalue weighted by molar-refractivity contribution is -0.0559. The molecule has 1 aliphatic heterocycles. The third kappa shape index (κ3) is 1.45. The van der Waals surface area contributed by atoms with Gasteiger partial charge in [-0.1, -0.05) is 12.1 Å². The molecule has 0 unspecified atom stereocenters. The highest BCUT2D eigenvalue weighted by atomic mass is 16.3. The SMILES string of the molecule is OC[C@@H]1CN[C@@H]2Cc3c[nH]c4cccc(c34)[C@@]2(O)C1. The van der Waals surface area contributed by atoms with Crippen LogP contribution >= 0.6 is 0 Å². The Bertz CT molecular complexity index is 636. The van der Waals surface area contributed by atoms with Crippen molar-refractivity contribution >= 4 is 10.9 Å². The molecule has 3 atom stereocenters. The molecule has 2 heterocycles. The first-order valence-electron chi connectivity index (χ1n) is 6.88. The van der Waals surface area contributed by atoms with Crippen LogP contribution in [0.3, 0.4) is 0 Å². The number of aromatic nitrogens is 1. The molecule has 4 rings (SSSR count). The lowest BCUT2D eigenvalue weighted by Gasteiger charge is -2.46. The van der Waals surface area contributed by atoms with Crippen molar-refractivity contribution in [3.8, 4) is 0 Å². The summed E-state index contributed by atoms with van der Waals surface area (Å²) in [6, 6.07) is 6.10.